The third-order valence-corrected chi connectivity index (χ3v) is 3.21. The van der Waals surface area contributed by atoms with Gasteiger partial charge < -0.3 is 9.30 Å². The van der Waals surface area contributed by atoms with Crippen LogP contribution in [0.4, 0.5) is 0 Å². The summed E-state index contributed by atoms with van der Waals surface area (Å²) >= 11 is 3.34. The van der Waals surface area contributed by atoms with Crippen LogP contribution >= 0.6 is 15.9 Å². The van der Waals surface area contributed by atoms with Crippen LogP contribution in [-0.2, 0) is 4.74 Å². The van der Waals surface area contributed by atoms with Crippen LogP contribution in [0.1, 0.15) is 42.1 Å². The van der Waals surface area contributed by atoms with E-state index in [1.165, 1.54) is 0 Å². The van der Waals surface area contributed by atoms with E-state index in [1.807, 2.05) is 11.5 Å². The van der Waals surface area contributed by atoms with Gasteiger partial charge in [0.1, 0.15) is 4.60 Å². The Balaban J connectivity index is 2.37. The first kappa shape index (κ1) is 10.7. The molecule has 0 bridgehead atoms. The van der Waals surface area contributed by atoms with Crippen molar-refractivity contribution in [3.8, 4) is 0 Å². The first-order chi connectivity index (χ1) is 7.15. The van der Waals surface area contributed by atoms with E-state index in [2.05, 4.69) is 20.9 Å². The minimum absolute atomic E-state index is 0.335. The van der Waals surface area contributed by atoms with E-state index in [9.17, 15) is 4.79 Å². The van der Waals surface area contributed by atoms with Gasteiger partial charge in [0.05, 0.1) is 6.61 Å². The van der Waals surface area contributed by atoms with Gasteiger partial charge in [-0.15, -0.1) is 0 Å². The van der Waals surface area contributed by atoms with Crippen molar-refractivity contribution in [3.63, 3.8) is 0 Å². The first-order valence-electron chi connectivity index (χ1n) is 5.06. The van der Waals surface area contributed by atoms with E-state index < -0.39 is 0 Å². The van der Waals surface area contributed by atoms with Gasteiger partial charge in [0, 0.05) is 11.7 Å². The number of halogens is 1. The highest BCUT2D eigenvalue weighted by Crippen LogP contribution is 2.38. The van der Waals surface area contributed by atoms with Gasteiger partial charge in [-0.1, -0.05) is 0 Å². The van der Waals surface area contributed by atoms with E-state index in [4.69, 9.17) is 4.74 Å². The maximum Gasteiger partial charge on any atom is 0.374 e. The van der Waals surface area contributed by atoms with Crippen LogP contribution in [0.3, 0.4) is 0 Å². The quantitative estimate of drug-likeness (QED) is 0.794. The van der Waals surface area contributed by atoms with Crippen molar-refractivity contribution in [1.82, 2.24) is 9.55 Å². The number of carbonyl (C=O) groups is 1. The number of carbonyl (C=O) groups excluding carboxylic acids is 1. The SMILES string of the molecule is CCOC(=O)c1nc(Br)c(C)n1C1CC1. The van der Waals surface area contributed by atoms with Crippen molar-refractivity contribution in [2.45, 2.75) is 32.7 Å². The lowest BCUT2D eigenvalue weighted by Crippen LogP contribution is -2.13. The minimum Gasteiger partial charge on any atom is -0.460 e. The molecule has 1 heterocycles. The lowest BCUT2D eigenvalue weighted by Gasteiger charge is -2.06. The molecule has 1 aliphatic carbocycles. The fourth-order valence-electron chi connectivity index (χ4n) is 1.61. The molecule has 0 atom stereocenters. The normalized spacial score (nSPS) is 15.4. The summed E-state index contributed by atoms with van der Waals surface area (Å²) in [5.74, 6) is 0.0851. The van der Waals surface area contributed by atoms with E-state index in [1.54, 1.807) is 6.92 Å². The second kappa shape index (κ2) is 3.96. The summed E-state index contributed by atoms with van der Waals surface area (Å²) in [4.78, 5) is 15.8. The van der Waals surface area contributed by atoms with Gasteiger partial charge in [-0.3, -0.25) is 0 Å². The van der Waals surface area contributed by atoms with E-state index in [-0.39, 0.29) is 5.97 Å². The van der Waals surface area contributed by atoms with Gasteiger partial charge in [0.25, 0.3) is 0 Å². The molecular weight excluding hydrogens is 260 g/mol. The lowest BCUT2D eigenvalue weighted by molar-refractivity contribution is 0.0505. The van der Waals surface area contributed by atoms with Gasteiger partial charge in [-0.2, -0.15) is 0 Å². The number of hydrogen-bond donors (Lipinski definition) is 0. The van der Waals surface area contributed by atoms with Gasteiger partial charge in [-0.05, 0) is 42.6 Å². The zero-order valence-electron chi connectivity index (χ0n) is 8.79. The van der Waals surface area contributed by atoms with Crippen molar-refractivity contribution in [3.05, 3.63) is 16.1 Å². The predicted molar refractivity (Wildman–Crippen MR) is 58.9 cm³/mol. The van der Waals surface area contributed by atoms with Crippen LogP contribution < -0.4 is 0 Å². The van der Waals surface area contributed by atoms with Crippen molar-refractivity contribution < 1.29 is 9.53 Å². The number of aromatic nitrogens is 2. The smallest absolute Gasteiger partial charge is 0.374 e. The number of esters is 1. The number of hydrogen-bond acceptors (Lipinski definition) is 3. The van der Waals surface area contributed by atoms with Crippen LogP contribution in [0.5, 0.6) is 0 Å². The third kappa shape index (κ3) is 1.93. The molecule has 1 saturated carbocycles. The Morgan fingerprint density at radius 1 is 1.67 bits per heavy atom. The molecule has 0 saturated heterocycles. The molecule has 82 valence electrons. The summed E-state index contributed by atoms with van der Waals surface area (Å²) in [5, 5.41) is 0. The zero-order chi connectivity index (χ0) is 11.0. The maximum atomic E-state index is 11.6. The molecule has 0 aliphatic heterocycles. The zero-order valence-corrected chi connectivity index (χ0v) is 10.4. The van der Waals surface area contributed by atoms with Crippen LogP contribution in [0.2, 0.25) is 0 Å². The van der Waals surface area contributed by atoms with Crippen LogP contribution in [0.25, 0.3) is 0 Å². The van der Waals surface area contributed by atoms with Crippen LogP contribution in [0.15, 0.2) is 4.60 Å². The highest BCUT2D eigenvalue weighted by Gasteiger charge is 2.31. The average Bonchev–Trinajstić information content (AvgIpc) is 2.97. The maximum absolute atomic E-state index is 11.6. The van der Waals surface area contributed by atoms with Gasteiger partial charge >= 0.3 is 5.97 Å². The summed E-state index contributed by atoms with van der Waals surface area (Å²) in [6.07, 6.45) is 2.24. The molecule has 1 aromatic rings. The third-order valence-electron chi connectivity index (χ3n) is 2.46. The lowest BCUT2D eigenvalue weighted by atomic mass is 10.5. The Kier molecular flexibility index (Phi) is 2.82. The molecule has 0 radical (unpaired) electrons. The van der Waals surface area contributed by atoms with Crippen molar-refractivity contribution in [2.24, 2.45) is 0 Å². The molecule has 4 nitrogen and oxygen atoms in total. The average molecular weight is 273 g/mol. The second-order valence-electron chi connectivity index (χ2n) is 3.63. The Hall–Kier alpha value is -0.840. The monoisotopic (exact) mass is 272 g/mol. The van der Waals surface area contributed by atoms with Crippen LogP contribution in [-0.4, -0.2) is 22.1 Å². The fourth-order valence-corrected chi connectivity index (χ4v) is 1.96. The van der Waals surface area contributed by atoms with Crippen molar-refractivity contribution >= 4 is 21.9 Å². The van der Waals surface area contributed by atoms with Gasteiger partial charge in [0.2, 0.25) is 5.82 Å². The predicted octanol–water partition coefficient (Wildman–Crippen LogP) is 2.47. The number of nitrogens with zero attached hydrogens (tertiary/aromatic N) is 2. The molecule has 0 spiro atoms. The molecule has 2 rings (SSSR count). The number of imidazole rings is 1. The molecule has 0 unspecified atom stereocenters. The molecule has 1 fully saturated rings. The topological polar surface area (TPSA) is 44.1 Å². The Morgan fingerprint density at radius 3 is 2.87 bits per heavy atom. The largest absolute Gasteiger partial charge is 0.460 e. The highest BCUT2D eigenvalue weighted by atomic mass is 79.9. The Morgan fingerprint density at radius 2 is 2.33 bits per heavy atom. The van der Waals surface area contributed by atoms with Crippen molar-refractivity contribution in [2.75, 3.05) is 6.61 Å². The summed E-state index contributed by atoms with van der Waals surface area (Å²) in [6.45, 7) is 4.13. The molecule has 0 amide bonds. The summed E-state index contributed by atoms with van der Waals surface area (Å²) in [5.41, 5.74) is 1.00. The first-order valence-corrected chi connectivity index (χ1v) is 5.86. The minimum atomic E-state index is -0.335. The summed E-state index contributed by atoms with van der Waals surface area (Å²) in [6, 6.07) is 0.434. The molecule has 5 heteroatoms. The van der Waals surface area contributed by atoms with Gasteiger partial charge in [-0.25, -0.2) is 9.78 Å². The van der Waals surface area contributed by atoms with Crippen molar-refractivity contribution in [1.29, 1.82) is 0 Å². The molecular formula is C10H13BrN2O2. The molecule has 0 N–H and O–H groups in total. The molecule has 1 aliphatic rings. The van der Waals surface area contributed by atoms with E-state index >= 15 is 0 Å². The highest BCUT2D eigenvalue weighted by molar-refractivity contribution is 9.10. The summed E-state index contributed by atoms with van der Waals surface area (Å²) < 4.78 is 7.68. The fraction of sp³-hybridized carbons (Fsp3) is 0.600. The van der Waals surface area contributed by atoms with Gasteiger partial charge in [0.15, 0.2) is 0 Å². The Labute approximate surface area is 96.8 Å². The van der Waals surface area contributed by atoms with E-state index in [0.717, 1.165) is 23.1 Å². The molecule has 15 heavy (non-hydrogen) atoms. The second-order valence-corrected chi connectivity index (χ2v) is 4.38. The molecule has 0 aromatic carbocycles. The standard InChI is InChI=1S/C10H13BrN2O2/c1-3-15-10(14)9-12-8(11)6(2)13(9)7-4-5-7/h7H,3-5H2,1-2H3. The summed E-state index contributed by atoms with van der Waals surface area (Å²) in [7, 11) is 0. The number of rotatable bonds is 3. The Bertz CT molecular complexity index is 396. The molecule has 1 aromatic heterocycles. The number of ether oxygens (including phenoxy) is 1. The van der Waals surface area contributed by atoms with Crippen LogP contribution in [0, 0.1) is 6.92 Å². The van der Waals surface area contributed by atoms with E-state index in [0.29, 0.717) is 18.5 Å².